The number of aromatic nitrogens is 1. The molecule has 0 bridgehead atoms. The van der Waals surface area contributed by atoms with Crippen LogP contribution in [0.1, 0.15) is 25.0 Å². The minimum atomic E-state index is -0.133. The fourth-order valence-electron chi connectivity index (χ4n) is 7.60. The molecule has 0 saturated carbocycles. The summed E-state index contributed by atoms with van der Waals surface area (Å²) in [7, 11) is 0. The van der Waals surface area contributed by atoms with Gasteiger partial charge in [-0.15, -0.1) is 0 Å². The van der Waals surface area contributed by atoms with Crippen molar-refractivity contribution in [2.45, 2.75) is 19.3 Å². The number of hydrogen-bond donors (Lipinski definition) is 0. The van der Waals surface area contributed by atoms with E-state index in [1.54, 1.807) is 0 Å². The van der Waals surface area contributed by atoms with Crippen LogP contribution in [0, 0.1) is 0 Å². The van der Waals surface area contributed by atoms with E-state index in [1.807, 2.05) is 0 Å². The zero-order chi connectivity index (χ0) is 31.5. The lowest BCUT2D eigenvalue weighted by Crippen LogP contribution is -2.26. The van der Waals surface area contributed by atoms with Gasteiger partial charge in [0.2, 0.25) is 0 Å². The van der Waals surface area contributed by atoms with Gasteiger partial charge < -0.3 is 9.47 Å². The zero-order valence-electron chi connectivity index (χ0n) is 26.6. The lowest BCUT2D eigenvalue weighted by atomic mass is 9.74. The average molecular weight is 603 g/mol. The summed E-state index contributed by atoms with van der Waals surface area (Å²) in [5.41, 5.74) is 14.8. The van der Waals surface area contributed by atoms with Crippen molar-refractivity contribution >= 4 is 38.9 Å². The molecule has 0 atom stereocenters. The molecule has 8 aromatic rings. The number of hydrogen-bond acceptors (Lipinski definition) is 1. The molecule has 7 aromatic carbocycles. The maximum Gasteiger partial charge on any atom is 0.0582 e. The molecule has 0 N–H and O–H groups in total. The summed E-state index contributed by atoms with van der Waals surface area (Å²) < 4.78 is 2.50. The highest BCUT2D eigenvalue weighted by molar-refractivity contribution is 6.14. The first-order valence-corrected chi connectivity index (χ1v) is 16.4. The van der Waals surface area contributed by atoms with Crippen LogP contribution < -0.4 is 4.90 Å². The molecule has 2 heteroatoms. The van der Waals surface area contributed by atoms with E-state index in [0.717, 1.165) is 17.1 Å². The van der Waals surface area contributed by atoms with Crippen LogP contribution >= 0.6 is 0 Å². The van der Waals surface area contributed by atoms with Gasteiger partial charge in [0, 0.05) is 33.2 Å². The van der Waals surface area contributed by atoms with Crippen molar-refractivity contribution in [2.24, 2.45) is 0 Å². The Hall–Kier alpha value is -5.86. The van der Waals surface area contributed by atoms with Gasteiger partial charge in [-0.2, -0.15) is 0 Å². The van der Waals surface area contributed by atoms with Crippen molar-refractivity contribution in [3.8, 4) is 27.9 Å². The summed E-state index contributed by atoms with van der Waals surface area (Å²) in [5, 5.41) is 2.58. The second-order valence-electron chi connectivity index (χ2n) is 13.0. The van der Waals surface area contributed by atoms with Gasteiger partial charge in [0.15, 0.2) is 0 Å². The molecule has 0 aliphatic carbocycles. The van der Waals surface area contributed by atoms with Gasteiger partial charge in [-0.05, 0) is 100 Å². The van der Waals surface area contributed by atoms with Gasteiger partial charge in [-0.3, -0.25) is 0 Å². The van der Waals surface area contributed by atoms with Crippen molar-refractivity contribution in [1.82, 2.24) is 4.57 Å². The molecule has 0 saturated heterocycles. The summed E-state index contributed by atoms with van der Waals surface area (Å²) in [5.74, 6) is 0. The second kappa shape index (κ2) is 10.6. The topological polar surface area (TPSA) is 8.17 Å². The SMILES string of the molecule is CC1(C)c2ccccc2-n2c3ccc(-c4ccc(N(c5ccccc5)c5ccccc5)cc4)cc3c3cc(-c4ccccc4)cc1c32. The number of benzene rings is 7. The minimum absolute atomic E-state index is 0.133. The van der Waals surface area contributed by atoms with Crippen molar-refractivity contribution in [1.29, 1.82) is 0 Å². The third-order valence-corrected chi connectivity index (χ3v) is 9.95. The number of rotatable bonds is 5. The van der Waals surface area contributed by atoms with Crippen LogP contribution in [0.2, 0.25) is 0 Å². The van der Waals surface area contributed by atoms with Crippen LogP contribution in [0.4, 0.5) is 17.1 Å². The molecule has 9 rings (SSSR count). The van der Waals surface area contributed by atoms with E-state index in [-0.39, 0.29) is 5.41 Å². The predicted octanol–water partition coefficient (Wildman–Crippen LogP) is 12.2. The number of nitrogens with zero attached hydrogens (tertiary/aromatic N) is 2. The van der Waals surface area contributed by atoms with Crippen molar-refractivity contribution in [3.63, 3.8) is 0 Å². The highest BCUT2D eigenvalue weighted by Gasteiger charge is 2.35. The van der Waals surface area contributed by atoms with Crippen LogP contribution in [0.3, 0.4) is 0 Å². The summed E-state index contributed by atoms with van der Waals surface area (Å²) in [4.78, 5) is 2.31. The maximum atomic E-state index is 2.50. The number of anilines is 3. The second-order valence-corrected chi connectivity index (χ2v) is 13.0. The van der Waals surface area contributed by atoms with Crippen LogP contribution in [-0.4, -0.2) is 4.57 Å². The van der Waals surface area contributed by atoms with Crippen LogP contribution in [-0.2, 0) is 5.41 Å². The monoisotopic (exact) mass is 602 g/mol. The Labute approximate surface area is 275 Å². The first-order valence-electron chi connectivity index (χ1n) is 16.4. The van der Waals surface area contributed by atoms with Crippen molar-refractivity contribution in [3.05, 3.63) is 181 Å². The molecule has 1 aliphatic heterocycles. The molecule has 0 unspecified atom stereocenters. The van der Waals surface area contributed by atoms with Crippen molar-refractivity contribution in [2.75, 3.05) is 4.90 Å². The van der Waals surface area contributed by atoms with Crippen LogP contribution in [0.25, 0.3) is 49.7 Å². The summed E-state index contributed by atoms with van der Waals surface area (Å²) in [6.45, 7) is 4.75. The van der Waals surface area contributed by atoms with E-state index >= 15 is 0 Å². The van der Waals surface area contributed by atoms with E-state index in [1.165, 1.54) is 60.9 Å². The van der Waals surface area contributed by atoms with E-state index in [9.17, 15) is 0 Å². The maximum absolute atomic E-state index is 2.50. The summed E-state index contributed by atoms with van der Waals surface area (Å²) in [6, 6.07) is 61.7. The normalized spacial score (nSPS) is 13.1. The van der Waals surface area contributed by atoms with Gasteiger partial charge in [-0.1, -0.05) is 117 Å². The molecular weight excluding hydrogens is 569 g/mol. The van der Waals surface area contributed by atoms with E-state index < -0.39 is 0 Å². The molecule has 0 spiro atoms. The molecule has 0 fully saturated rings. The van der Waals surface area contributed by atoms with Crippen LogP contribution in [0.15, 0.2) is 170 Å². The summed E-state index contributed by atoms with van der Waals surface area (Å²) >= 11 is 0. The largest absolute Gasteiger partial charge is 0.311 e. The Balaban J connectivity index is 1.23. The molecule has 0 radical (unpaired) electrons. The Morgan fingerprint density at radius 3 is 1.64 bits per heavy atom. The Bertz CT molecular complexity index is 2360. The number of para-hydroxylation sites is 3. The third-order valence-electron chi connectivity index (χ3n) is 9.95. The van der Waals surface area contributed by atoms with E-state index in [2.05, 4.69) is 193 Å². The predicted molar refractivity (Wildman–Crippen MR) is 198 cm³/mol. The van der Waals surface area contributed by atoms with Crippen molar-refractivity contribution < 1.29 is 0 Å². The standard InChI is InChI=1S/C45H34N2/c1-45(2)40-20-12-13-21-43(40)47-42-27-24-33(28-38(42)39-29-34(30-41(45)44(39)47)31-14-6-3-7-15-31)32-22-25-37(26-23-32)46(35-16-8-4-9-17-35)36-18-10-5-11-19-36/h3-30H,1-2H3. The lowest BCUT2D eigenvalue weighted by molar-refractivity contribution is 0.630. The molecule has 2 heterocycles. The average Bonchev–Trinajstić information content (AvgIpc) is 3.46. The molecule has 224 valence electrons. The van der Waals surface area contributed by atoms with Gasteiger partial charge in [0.1, 0.15) is 0 Å². The first kappa shape index (κ1) is 27.5. The molecule has 1 aromatic heterocycles. The third kappa shape index (κ3) is 4.33. The molecule has 2 nitrogen and oxygen atoms in total. The highest BCUT2D eigenvalue weighted by atomic mass is 15.1. The fourth-order valence-corrected chi connectivity index (χ4v) is 7.60. The molecule has 1 aliphatic rings. The molecule has 0 amide bonds. The number of fused-ring (bicyclic) bond motifs is 5. The van der Waals surface area contributed by atoms with Gasteiger partial charge >= 0.3 is 0 Å². The van der Waals surface area contributed by atoms with E-state index in [4.69, 9.17) is 0 Å². The fraction of sp³-hybridized carbons (Fsp3) is 0.0667. The van der Waals surface area contributed by atoms with Gasteiger partial charge in [-0.25, -0.2) is 0 Å². The Morgan fingerprint density at radius 1 is 0.426 bits per heavy atom. The smallest absolute Gasteiger partial charge is 0.0582 e. The Kier molecular flexibility index (Phi) is 6.20. The highest BCUT2D eigenvalue weighted by Crippen LogP contribution is 2.49. The molecular formula is C45H34N2. The lowest BCUT2D eigenvalue weighted by Gasteiger charge is -2.35. The van der Waals surface area contributed by atoms with Gasteiger partial charge in [0.25, 0.3) is 0 Å². The van der Waals surface area contributed by atoms with Crippen LogP contribution in [0.5, 0.6) is 0 Å². The van der Waals surface area contributed by atoms with Gasteiger partial charge in [0.05, 0.1) is 16.7 Å². The first-order chi connectivity index (χ1) is 23.1. The van der Waals surface area contributed by atoms with E-state index in [0.29, 0.717) is 0 Å². The molecule has 47 heavy (non-hydrogen) atoms. The minimum Gasteiger partial charge on any atom is -0.311 e. The summed E-state index contributed by atoms with van der Waals surface area (Å²) in [6.07, 6.45) is 0. The zero-order valence-corrected chi connectivity index (χ0v) is 26.6. The Morgan fingerprint density at radius 2 is 0.957 bits per heavy atom. The quantitative estimate of drug-likeness (QED) is 0.190.